The minimum Gasteiger partial charge on any atom is -0.362 e. The van der Waals surface area contributed by atoms with Gasteiger partial charge in [0.1, 0.15) is 5.82 Å². The van der Waals surface area contributed by atoms with Crippen LogP contribution in [0.1, 0.15) is 22.3 Å². The van der Waals surface area contributed by atoms with Gasteiger partial charge in [0.25, 0.3) is 5.91 Å². The van der Waals surface area contributed by atoms with E-state index in [0.717, 1.165) is 30.6 Å². The van der Waals surface area contributed by atoms with Crippen molar-refractivity contribution in [2.75, 3.05) is 30.4 Å². The number of hydrogen-bond acceptors (Lipinski definition) is 3. The van der Waals surface area contributed by atoms with Gasteiger partial charge in [0, 0.05) is 37.5 Å². The van der Waals surface area contributed by atoms with Gasteiger partial charge in [-0.05, 0) is 48.7 Å². The van der Waals surface area contributed by atoms with Gasteiger partial charge in [-0.25, -0.2) is 4.98 Å². The molecule has 0 saturated carbocycles. The van der Waals surface area contributed by atoms with Crippen LogP contribution < -0.4 is 9.80 Å². The predicted molar refractivity (Wildman–Crippen MR) is 90.0 cm³/mol. The molecule has 0 bridgehead atoms. The highest BCUT2D eigenvalue weighted by molar-refractivity contribution is 6.30. The normalized spacial score (nSPS) is 13.7. The van der Waals surface area contributed by atoms with Crippen LogP contribution in [0.2, 0.25) is 5.02 Å². The molecule has 3 rings (SSSR count). The lowest BCUT2D eigenvalue weighted by molar-refractivity contribution is 0.0985. The van der Waals surface area contributed by atoms with Crippen LogP contribution in [0, 0.1) is 0 Å². The Morgan fingerprint density at radius 2 is 2.14 bits per heavy atom. The van der Waals surface area contributed by atoms with E-state index in [-0.39, 0.29) is 5.91 Å². The van der Waals surface area contributed by atoms with Crippen LogP contribution in [-0.4, -0.2) is 31.5 Å². The fourth-order valence-corrected chi connectivity index (χ4v) is 3.04. The minimum atomic E-state index is -0.0138. The van der Waals surface area contributed by atoms with E-state index in [1.807, 2.05) is 48.2 Å². The number of nitrogens with zero attached hydrogens (tertiary/aromatic N) is 3. The number of carbonyl (C=O) groups is 1. The highest BCUT2D eigenvalue weighted by atomic mass is 35.5. The number of aromatic nitrogens is 1. The van der Waals surface area contributed by atoms with Gasteiger partial charge in [0.15, 0.2) is 0 Å². The Bertz CT molecular complexity index is 715. The van der Waals surface area contributed by atoms with Gasteiger partial charge >= 0.3 is 0 Å². The quantitative estimate of drug-likeness (QED) is 0.852. The van der Waals surface area contributed by atoms with Crippen molar-refractivity contribution in [2.45, 2.75) is 12.8 Å². The first-order valence-electron chi connectivity index (χ1n) is 7.30. The van der Waals surface area contributed by atoms with E-state index in [1.165, 1.54) is 0 Å². The molecular formula is C17H18ClN3O. The summed E-state index contributed by atoms with van der Waals surface area (Å²) in [6.07, 6.45) is 3.60. The van der Waals surface area contributed by atoms with Crippen molar-refractivity contribution in [3.05, 3.63) is 52.7 Å². The topological polar surface area (TPSA) is 36.4 Å². The third-order valence-electron chi connectivity index (χ3n) is 3.85. The van der Waals surface area contributed by atoms with E-state index in [1.54, 1.807) is 12.3 Å². The monoisotopic (exact) mass is 315 g/mol. The van der Waals surface area contributed by atoms with Crippen molar-refractivity contribution in [2.24, 2.45) is 0 Å². The summed E-state index contributed by atoms with van der Waals surface area (Å²) in [5.41, 5.74) is 2.70. The van der Waals surface area contributed by atoms with Crippen LogP contribution in [0.5, 0.6) is 0 Å². The average molecular weight is 316 g/mol. The van der Waals surface area contributed by atoms with Gasteiger partial charge in [-0.1, -0.05) is 11.6 Å². The molecule has 0 saturated heterocycles. The van der Waals surface area contributed by atoms with Crippen LogP contribution in [0.15, 0.2) is 36.5 Å². The summed E-state index contributed by atoms with van der Waals surface area (Å²) >= 11 is 6.07. The molecule has 0 aliphatic carbocycles. The molecule has 5 heteroatoms. The Kier molecular flexibility index (Phi) is 4.03. The van der Waals surface area contributed by atoms with E-state index < -0.39 is 0 Å². The van der Waals surface area contributed by atoms with Crippen molar-refractivity contribution in [3.63, 3.8) is 0 Å². The Hall–Kier alpha value is -2.07. The molecule has 1 aromatic heterocycles. The number of benzene rings is 1. The van der Waals surface area contributed by atoms with Gasteiger partial charge < -0.3 is 9.80 Å². The molecule has 0 unspecified atom stereocenters. The van der Waals surface area contributed by atoms with Gasteiger partial charge in [0.05, 0.1) is 5.56 Å². The fraction of sp³-hybridized carbons (Fsp3) is 0.294. The maximum absolute atomic E-state index is 13.0. The van der Waals surface area contributed by atoms with Crippen molar-refractivity contribution < 1.29 is 4.79 Å². The van der Waals surface area contributed by atoms with Crippen LogP contribution >= 0.6 is 11.6 Å². The number of hydrogen-bond donors (Lipinski definition) is 0. The Labute approximate surface area is 135 Å². The van der Waals surface area contributed by atoms with E-state index in [0.29, 0.717) is 16.4 Å². The highest BCUT2D eigenvalue weighted by Gasteiger charge is 2.26. The predicted octanol–water partition coefficient (Wildman–Crippen LogP) is 3.39. The maximum atomic E-state index is 13.0. The third kappa shape index (κ3) is 2.66. The zero-order chi connectivity index (χ0) is 15.7. The molecule has 1 aromatic carbocycles. The van der Waals surface area contributed by atoms with Gasteiger partial charge in [0.2, 0.25) is 0 Å². The fourth-order valence-electron chi connectivity index (χ4n) is 2.84. The summed E-state index contributed by atoms with van der Waals surface area (Å²) in [4.78, 5) is 21.0. The molecule has 114 valence electrons. The molecule has 2 aromatic rings. The van der Waals surface area contributed by atoms with E-state index in [2.05, 4.69) is 4.98 Å². The second-order valence-electron chi connectivity index (χ2n) is 5.60. The number of amides is 1. The van der Waals surface area contributed by atoms with Crippen LogP contribution in [0.3, 0.4) is 0 Å². The van der Waals surface area contributed by atoms with Crippen molar-refractivity contribution in [1.82, 2.24) is 4.98 Å². The number of halogens is 1. The number of aryl methyl sites for hydroxylation is 1. The molecule has 0 N–H and O–H groups in total. The molecular weight excluding hydrogens is 298 g/mol. The Morgan fingerprint density at radius 1 is 1.32 bits per heavy atom. The molecule has 4 nitrogen and oxygen atoms in total. The first kappa shape index (κ1) is 14.9. The molecule has 0 atom stereocenters. The van der Waals surface area contributed by atoms with Crippen LogP contribution in [0.25, 0.3) is 0 Å². The van der Waals surface area contributed by atoms with E-state index in [9.17, 15) is 4.79 Å². The summed E-state index contributed by atoms with van der Waals surface area (Å²) in [6.45, 7) is 0.717. The molecule has 0 radical (unpaired) electrons. The minimum absolute atomic E-state index is 0.0138. The zero-order valence-electron chi connectivity index (χ0n) is 12.7. The number of fused-ring (bicyclic) bond motifs is 1. The van der Waals surface area contributed by atoms with E-state index >= 15 is 0 Å². The number of carbonyl (C=O) groups excluding carboxylic acids is 1. The molecule has 0 fully saturated rings. The molecule has 22 heavy (non-hydrogen) atoms. The van der Waals surface area contributed by atoms with Gasteiger partial charge in [-0.15, -0.1) is 0 Å². The lowest BCUT2D eigenvalue weighted by atomic mass is 10.0. The van der Waals surface area contributed by atoms with Gasteiger partial charge in [-0.2, -0.15) is 0 Å². The molecule has 1 aliphatic rings. The lowest BCUT2D eigenvalue weighted by Crippen LogP contribution is -2.36. The Balaban J connectivity index is 2.01. The smallest absolute Gasteiger partial charge is 0.262 e. The first-order chi connectivity index (χ1) is 10.6. The van der Waals surface area contributed by atoms with E-state index in [4.69, 9.17) is 11.6 Å². The summed E-state index contributed by atoms with van der Waals surface area (Å²) in [5, 5.41) is 0.711. The SMILES string of the molecule is CN(C)c1ncccc1C(=O)N1CCCc2cc(Cl)ccc21. The summed E-state index contributed by atoms with van der Waals surface area (Å²) < 4.78 is 0. The van der Waals surface area contributed by atoms with Gasteiger partial charge in [-0.3, -0.25) is 4.79 Å². The molecule has 1 aliphatic heterocycles. The lowest BCUT2D eigenvalue weighted by Gasteiger charge is -2.30. The standard InChI is InChI=1S/C17H18ClN3O/c1-20(2)16-14(6-3-9-19-16)17(22)21-10-4-5-12-11-13(18)7-8-15(12)21/h3,6-9,11H,4-5,10H2,1-2H3. The summed E-state index contributed by atoms with van der Waals surface area (Å²) in [7, 11) is 3.78. The number of pyridine rings is 1. The Morgan fingerprint density at radius 3 is 2.91 bits per heavy atom. The second kappa shape index (κ2) is 5.97. The highest BCUT2D eigenvalue weighted by Crippen LogP contribution is 2.31. The average Bonchev–Trinajstić information content (AvgIpc) is 2.53. The second-order valence-corrected chi connectivity index (χ2v) is 6.04. The summed E-state index contributed by atoms with van der Waals surface area (Å²) in [6, 6.07) is 9.34. The molecule has 1 amide bonds. The van der Waals surface area contributed by atoms with Crippen molar-refractivity contribution in [1.29, 1.82) is 0 Å². The molecule has 0 spiro atoms. The maximum Gasteiger partial charge on any atom is 0.262 e. The first-order valence-corrected chi connectivity index (χ1v) is 7.68. The zero-order valence-corrected chi connectivity index (χ0v) is 13.5. The number of anilines is 2. The summed E-state index contributed by atoms with van der Waals surface area (Å²) in [5.74, 6) is 0.675. The van der Waals surface area contributed by atoms with Crippen molar-refractivity contribution >= 4 is 29.0 Å². The molecule has 2 heterocycles. The largest absolute Gasteiger partial charge is 0.362 e. The number of rotatable bonds is 2. The van der Waals surface area contributed by atoms with Crippen LogP contribution in [0.4, 0.5) is 11.5 Å². The van der Waals surface area contributed by atoms with Crippen LogP contribution in [-0.2, 0) is 6.42 Å². The third-order valence-corrected chi connectivity index (χ3v) is 4.08. The van der Waals surface area contributed by atoms with Crippen molar-refractivity contribution in [3.8, 4) is 0 Å².